The first kappa shape index (κ1) is 13.7. The van der Waals surface area contributed by atoms with Crippen molar-refractivity contribution in [1.29, 1.82) is 5.26 Å². The van der Waals surface area contributed by atoms with Crippen molar-refractivity contribution in [3.05, 3.63) is 57.6 Å². The minimum absolute atomic E-state index is 0.0153. The van der Waals surface area contributed by atoms with Crippen LogP contribution in [-0.4, -0.2) is 5.78 Å². The number of carbonyl (C=O) groups excluding carboxylic acids is 1. The summed E-state index contributed by atoms with van der Waals surface area (Å²) < 4.78 is 5.51. The summed E-state index contributed by atoms with van der Waals surface area (Å²) in [5, 5.41) is 9.96. The maximum absolute atomic E-state index is 12.3. The summed E-state index contributed by atoms with van der Waals surface area (Å²) in [7, 11) is 0. The molecule has 0 saturated carbocycles. The zero-order valence-corrected chi connectivity index (χ0v) is 12.0. The number of allylic oxidation sites excluding steroid dienone is 3. The van der Waals surface area contributed by atoms with Crippen LogP contribution in [0.15, 0.2) is 47.1 Å². The zero-order valence-electron chi connectivity index (χ0n) is 11.2. The van der Waals surface area contributed by atoms with Gasteiger partial charge in [0.1, 0.15) is 17.4 Å². The van der Waals surface area contributed by atoms with Crippen molar-refractivity contribution in [2.75, 3.05) is 0 Å². The van der Waals surface area contributed by atoms with Crippen molar-refractivity contribution in [2.45, 2.75) is 25.2 Å². The van der Waals surface area contributed by atoms with Gasteiger partial charge in [-0.05, 0) is 24.1 Å². The van der Waals surface area contributed by atoms with Gasteiger partial charge in [-0.25, -0.2) is 0 Å². The SMILES string of the molecule is N#CC1=C(N)OC2=C(C(=O)CCC2)C1c1cccc(Cl)c1. The molecule has 106 valence electrons. The third kappa shape index (κ3) is 2.30. The van der Waals surface area contributed by atoms with E-state index in [9.17, 15) is 10.1 Å². The van der Waals surface area contributed by atoms with E-state index in [1.165, 1.54) is 0 Å². The van der Waals surface area contributed by atoms with Crippen molar-refractivity contribution in [2.24, 2.45) is 5.73 Å². The molecule has 0 fully saturated rings. The minimum Gasteiger partial charge on any atom is -0.444 e. The number of nitriles is 1. The normalized spacial score (nSPS) is 21.7. The number of nitrogens with two attached hydrogens (primary N) is 1. The lowest BCUT2D eigenvalue weighted by atomic mass is 9.78. The average molecular weight is 301 g/mol. The summed E-state index contributed by atoms with van der Waals surface area (Å²) in [6.45, 7) is 0. The second-order valence-corrected chi connectivity index (χ2v) is 5.53. The van der Waals surface area contributed by atoms with Crippen LogP contribution in [0.2, 0.25) is 5.02 Å². The molecule has 2 aliphatic rings. The molecule has 0 aromatic heterocycles. The molecular weight excluding hydrogens is 288 g/mol. The predicted octanol–water partition coefficient (Wildman–Crippen LogP) is 3.15. The molecule has 5 heteroatoms. The highest BCUT2D eigenvalue weighted by Crippen LogP contribution is 2.43. The molecule has 0 radical (unpaired) electrons. The van der Waals surface area contributed by atoms with Crippen LogP contribution in [0.25, 0.3) is 0 Å². The van der Waals surface area contributed by atoms with Gasteiger partial charge in [-0.15, -0.1) is 0 Å². The Kier molecular flexibility index (Phi) is 3.44. The van der Waals surface area contributed by atoms with Crippen LogP contribution in [-0.2, 0) is 9.53 Å². The molecule has 1 aliphatic carbocycles. The maximum Gasteiger partial charge on any atom is 0.205 e. The average Bonchev–Trinajstić information content (AvgIpc) is 2.46. The Bertz CT molecular complexity index is 728. The highest BCUT2D eigenvalue weighted by molar-refractivity contribution is 6.30. The fraction of sp³-hybridized carbons (Fsp3) is 0.250. The van der Waals surface area contributed by atoms with E-state index in [2.05, 4.69) is 6.07 Å². The first-order valence-corrected chi connectivity index (χ1v) is 7.09. The van der Waals surface area contributed by atoms with Crippen molar-refractivity contribution < 1.29 is 9.53 Å². The lowest BCUT2D eigenvalue weighted by molar-refractivity contribution is -0.116. The number of hydrogen-bond donors (Lipinski definition) is 1. The summed E-state index contributed by atoms with van der Waals surface area (Å²) in [6, 6.07) is 9.23. The monoisotopic (exact) mass is 300 g/mol. The van der Waals surface area contributed by atoms with E-state index in [1.54, 1.807) is 18.2 Å². The van der Waals surface area contributed by atoms with Crippen molar-refractivity contribution >= 4 is 17.4 Å². The quantitative estimate of drug-likeness (QED) is 0.864. The third-order valence-corrected chi connectivity index (χ3v) is 4.02. The topological polar surface area (TPSA) is 76.1 Å². The maximum atomic E-state index is 12.3. The Morgan fingerprint density at radius 3 is 2.90 bits per heavy atom. The van der Waals surface area contributed by atoms with E-state index < -0.39 is 5.92 Å². The molecule has 1 aromatic rings. The largest absolute Gasteiger partial charge is 0.444 e. The highest BCUT2D eigenvalue weighted by atomic mass is 35.5. The van der Waals surface area contributed by atoms with E-state index in [0.29, 0.717) is 29.2 Å². The molecule has 2 N–H and O–H groups in total. The van der Waals surface area contributed by atoms with Crippen LogP contribution in [0.5, 0.6) is 0 Å². The molecule has 0 amide bonds. The number of ketones is 1. The number of nitrogens with zero attached hydrogens (tertiary/aromatic N) is 1. The van der Waals surface area contributed by atoms with Crippen LogP contribution >= 0.6 is 11.6 Å². The molecule has 0 spiro atoms. The van der Waals surface area contributed by atoms with Crippen LogP contribution < -0.4 is 5.73 Å². The smallest absolute Gasteiger partial charge is 0.205 e. The molecular formula is C16H13ClN2O2. The molecule has 3 rings (SSSR count). The summed E-state index contributed by atoms with van der Waals surface area (Å²) in [6.07, 6.45) is 1.88. The Morgan fingerprint density at radius 2 is 2.19 bits per heavy atom. The van der Waals surface area contributed by atoms with Gasteiger partial charge >= 0.3 is 0 Å². The Hall–Kier alpha value is -2.25. The zero-order chi connectivity index (χ0) is 15.0. The molecule has 4 nitrogen and oxygen atoms in total. The molecule has 0 saturated heterocycles. The van der Waals surface area contributed by atoms with Crippen LogP contribution in [0, 0.1) is 11.3 Å². The van der Waals surface area contributed by atoms with E-state index in [-0.39, 0.29) is 17.2 Å². The first-order valence-electron chi connectivity index (χ1n) is 6.71. The number of Topliss-reactive ketones (excluding diaryl/α,β-unsaturated/α-hetero) is 1. The highest BCUT2D eigenvalue weighted by Gasteiger charge is 2.37. The lowest BCUT2D eigenvalue weighted by Crippen LogP contribution is -2.27. The number of benzene rings is 1. The fourth-order valence-electron chi connectivity index (χ4n) is 2.88. The van der Waals surface area contributed by atoms with E-state index in [0.717, 1.165) is 12.0 Å². The van der Waals surface area contributed by atoms with Crippen molar-refractivity contribution in [3.8, 4) is 6.07 Å². The number of rotatable bonds is 1. The standard InChI is InChI=1S/C16H13ClN2O2/c17-10-4-1-3-9(7-10)14-11(8-18)16(19)21-13-6-2-5-12(20)15(13)14/h1,3-4,7,14H,2,5-6,19H2. The number of ether oxygens (including phenoxy) is 1. The molecule has 1 aliphatic heterocycles. The van der Waals surface area contributed by atoms with E-state index in [1.807, 2.05) is 6.07 Å². The molecule has 0 bridgehead atoms. The molecule has 1 unspecified atom stereocenters. The van der Waals surface area contributed by atoms with Crippen LogP contribution in [0.3, 0.4) is 0 Å². The van der Waals surface area contributed by atoms with Crippen LogP contribution in [0.4, 0.5) is 0 Å². The Balaban J connectivity index is 2.20. The van der Waals surface area contributed by atoms with Gasteiger partial charge in [0.15, 0.2) is 5.78 Å². The number of carbonyl (C=O) groups is 1. The van der Waals surface area contributed by atoms with E-state index in [4.69, 9.17) is 22.1 Å². The summed E-state index contributed by atoms with van der Waals surface area (Å²) in [5.74, 6) is 0.204. The minimum atomic E-state index is -0.481. The first-order chi connectivity index (χ1) is 10.1. The molecule has 1 heterocycles. The molecule has 21 heavy (non-hydrogen) atoms. The Labute approximate surface area is 127 Å². The predicted molar refractivity (Wildman–Crippen MR) is 78.0 cm³/mol. The van der Waals surface area contributed by atoms with Crippen molar-refractivity contribution in [1.82, 2.24) is 0 Å². The number of hydrogen-bond acceptors (Lipinski definition) is 4. The lowest BCUT2D eigenvalue weighted by Gasteiger charge is -2.31. The summed E-state index contributed by atoms with van der Waals surface area (Å²) >= 11 is 6.04. The number of halogens is 1. The summed E-state index contributed by atoms with van der Waals surface area (Å²) in [4.78, 5) is 12.3. The van der Waals surface area contributed by atoms with Gasteiger partial charge in [0.25, 0.3) is 0 Å². The second kappa shape index (κ2) is 5.27. The van der Waals surface area contributed by atoms with Gasteiger partial charge in [-0.2, -0.15) is 5.26 Å². The van der Waals surface area contributed by atoms with E-state index >= 15 is 0 Å². The molecule has 1 aromatic carbocycles. The fourth-order valence-corrected chi connectivity index (χ4v) is 3.07. The van der Waals surface area contributed by atoms with Crippen molar-refractivity contribution in [3.63, 3.8) is 0 Å². The third-order valence-electron chi connectivity index (χ3n) is 3.79. The van der Waals surface area contributed by atoms with Gasteiger partial charge in [0.05, 0.1) is 5.92 Å². The van der Waals surface area contributed by atoms with Gasteiger partial charge in [-0.3, -0.25) is 4.79 Å². The van der Waals surface area contributed by atoms with Gasteiger partial charge in [0, 0.05) is 23.4 Å². The van der Waals surface area contributed by atoms with Gasteiger partial charge < -0.3 is 10.5 Å². The van der Waals surface area contributed by atoms with Gasteiger partial charge in [-0.1, -0.05) is 23.7 Å². The molecule has 1 atom stereocenters. The van der Waals surface area contributed by atoms with Crippen LogP contribution in [0.1, 0.15) is 30.7 Å². The van der Waals surface area contributed by atoms with Gasteiger partial charge in [0.2, 0.25) is 5.88 Å². The summed E-state index contributed by atoms with van der Waals surface area (Å²) in [5.41, 5.74) is 7.47. The second-order valence-electron chi connectivity index (χ2n) is 5.09. The Morgan fingerprint density at radius 1 is 1.38 bits per heavy atom.